The summed E-state index contributed by atoms with van der Waals surface area (Å²) in [5, 5.41) is -0.483. The Bertz CT molecular complexity index is 424. The molecule has 0 saturated heterocycles. The zero-order valence-electron chi connectivity index (χ0n) is 11.8. The number of ether oxygens (including phenoxy) is 1. The topological polar surface area (TPSA) is 31.2 Å². The summed E-state index contributed by atoms with van der Waals surface area (Å²) in [5.41, 5.74) is 2.76. The van der Waals surface area contributed by atoms with Crippen molar-refractivity contribution in [1.82, 2.24) is 4.57 Å². The fraction of sp³-hybridized carbons (Fsp3) is 0.643. The van der Waals surface area contributed by atoms with E-state index in [-0.39, 0.29) is 11.9 Å². The second kappa shape index (κ2) is 6.39. The quantitative estimate of drug-likeness (QED) is 0.587. The maximum absolute atomic E-state index is 12.0. The highest BCUT2D eigenvalue weighted by molar-refractivity contribution is 6.33. The van der Waals surface area contributed by atoms with Crippen molar-refractivity contribution in [3.05, 3.63) is 23.0 Å². The van der Waals surface area contributed by atoms with Gasteiger partial charge in [0.15, 0.2) is 5.78 Å². The zero-order valence-corrected chi connectivity index (χ0v) is 12.5. The minimum Gasteiger partial charge on any atom is -0.377 e. The van der Waals surface area contributed by atoms with Gasteiger partial charge < -0.3 is 9.30 Å². The van der Waals surface area contributed by atoms with E-state index in [0.717, 1.165) is 23.5 Å². The molecule has 0 amide bonds. The van der Waals surface area contributed by atoms with E-state index in [0.29, 0.717) is 6.61 Å². The van der Waals surface area contributed by atoms with Gasteiger partial charge in [0, 0.05) is 30.1 Å². The van der Waals surface area contributed by atoms with Crippen molar-refractivity contribution in [2.24, 2.45) is 0 Å². The largest absolute Gasteiger partial charge is 0.377 e. The third kappa shape index (κ3) is 3.36. The van der Waals surface area contributed by atoms with E-state index in [1.54, 1.807) is 6.92 Å². The van der Waals surface area contributed by atoms with Gasteiger partial charge in [-0.25, -0.2) is 0 Å². The van der Waals surface area contributed by atoms with E-state index in [1.165, 1.54) is 0 Å². The van der Waals surface area contributed by atoms with E-state index in [9.17, 15) is 4.79 Å². The SMILES string of the molecule is CCOC(C)Cn1c(C)cc(C(=O)C(C)Cl)c1C. The molecule has 2 atom stereocenters. The van der Waals surface area contributed by atoms with Crippen molar-refractivity contribution in [2.45, 2.75) is 52.6 Å². The smallest absolute Gasteiger partial charge is 0.182 e. The minimum absolute atomic E-state index is 0.0138. The predicted octanol–water partition coefficient (Wildman–Crippen LogP) is 3.34. The van der Waals surface area contributed by atoms with Crippen molar-refractivity contribution >= 4 is 17.4 Å². The van der Waals surface area contributed by atoms with Gasteiger partial charge in [0.05, 0.1) is 11.5 Å². The van der Waals surface area contributed by atoms with Crippen molar-refractivity contribution in [3.8, 4) is 0 Å². The fourth-order valence-electron chi connectivity index (χ4n) is 2.14. The van der Waals surface area contributed by atoms with Crippen LogP contribution in [-0.2, 0) is 11.3 Å². The minimum atomic E-state index is -0.483. The molecule has 0 aliphatic heterocycles. The van der Waals surface area contributed by atoms with Crippen molar-refractivity contribution in [1.29, 1.82) is 0 Å². The number of aryl methyl sites for hydroxylation is 1. The molecule has 0 N–H and O–H groups in total. The molecule has 0 aromatic carbocycles. The van der Waals surface area contributed by atoms with Crippen LogP contribution in [0.3, 0.4) is 0 Å². The van der Waals surface area contributed by atoms with Crippen LogP contribution in [-0.4, -0.2) is 28.4 Å². The standard InChI is InChI=1S/C14H22ClNO2/c1-6-18-10(3)8-16-9(2)7-13(12(16)5)14(17)11(4)15/h7,10-11H,6,8H2,1-5H3. The highest BCUT2D eigenvalue weighted by Crippen LogP contribution is 2.19. The second-order valence-corrected chi connectivity index (χ2v) is 5.30. The Labute approximate surface area is 114 Å². The van der Waals surface area contributed by atoms with Crippen LogP contribution in [0.4, 0.5) is 0 Å². The molecule has 1 aromatic heterocycles. The molecule has 1 rings (SSSR count). The number of nitrogens with zero attached hydrogens (tertiary/aromatic N) is 1. The summed E-state index contributed by atoms with van der Waals surface area (Å²) in [6, 6.07) is 1.91. The molecule has 1 heterocycles. The molecule has 0 bridgehead atoms. The van der Waals surface area contributed by atoms with Crippen molar-refractivity contribution in [3.63, 3.8) is 0 Å². The maximum atomic E-state index is 12.0. The highest BCUT2D eigenvalue weighted by atomic mass is 35.5. The van der Waals surface area contributed by atoms with E-state index in [4.69, 9.17) is 16.3 Å². The molecule has 0 spiro atoms. The first kappa shape index (κ1) is 15.3. The van der Waals surface area contributed by atoms with Crippen molar-refractivity contribution in [2.75, 3.05) is 6.61 Å². The first-order valence-electron chi connectivity index (χ1n) is 6.35. The van der Waals surface area contributed by atoms with Crippen LogP contribution in [0.1, 0.15) is 42.5 Å². The van der Waals surface area contributed by atoms with Gasteiger partial charge in [0.1, 0.15) is 0 Å². The molecule has 1 aromatic rings. The fourth-order valence-corrected chi connectivity index (χ4v) is 2.26. The average molecular weight is 272 g/mol. The molecule has 0 fully saturated rings. The number of Topliss-reactive ketones (excluding diaryl/α,β-unsaturated/α-hetero) is 1. The molecular formula is C14H22ClNO2. The maximum Gasteiger partial charge on any atom is 0.182 e. The summed E-state index contributed by atoms with van der Waals surface area (Å²) < 4.78 is 7.66. The Morgan fingerprint density at radius 2 is 2.06 bits per heavy atom. The Morgan fingerprint density at radius 3 is 2.56 bits per heavy atom. The lowest BCUT2D eigenvalue weighted by molar-refractivity contribution is 0.0632. The molecule has 0 aliphatic rings. The lowest BCUT2D eigenvalue weighted by Crippen LogP contribution is -2.19. The Morgan fingerprint density at radius 1 is 1.44 bits per heavy atom. The molecule has 0 aliphatic carbocycles. The van der Waals surface area contributed by atoms with E-state index in [1.807, 2.05) is 33.8 Å². The van der Waals surface area contributed by atoms with Gasteiger partial charge in [-0.15, -0.1) is 11.6 Å². The molecule has 2 unspecified atom stereocenters. The number of aromatic nitrogens is 1. The number of hydrogen-bond donors (Lipinski definition) is 0. The number of ketones is 1. The van der Waals surface area contributed by atoms with Gasteiger partial charge in [-0.05, 0) is 40.7 Å². The highest BCUT2D eigenvalue weighted by Gasteiger charge is 2.20. The van der Waals surface area contributed by atoms with Crippen molar-refractivity contribution < 1.29 is 9.53 Å². The number of carbonyl (C=O) groups is 1. The van der Waals surface area contributed by atoms with Gasteiger partial charge in [-0.2, -0.15) is 0 Å². The van der Waals surface area contributed by atoms with E-state index >= 15 is 0 Å². The molecule has 3 nitrogen and oxygen atoms in total. The summed E-state index contributed by atoms with van der Waals surface area (Å²) in [4.78, 5) is 12.0. The number of halogens is 1. The van der Waals surface area contributed by atoms with Crippen LogP contribution >= 0.6 is 11.6 Å². The monoisotopic (exact) mass is 271 g/mol. The predicted molar refractivity (Wildman–Crippen MR) is 74.6 cm³/mol. The molecule has 0 radical (unpaired) electrons. The molecule has 0 saturated carbocycles. The first-order valence-corrected chi connectivity index (χ1v) is 6.78. The number of alkyl halides is 1. The Balaban J connectivity index is 2.97. The normalized spacial score (nSPS) is 14.6. The third-order valence-corrected chi connectivity index (χ3v) is 3.29. The first-order chi connectivity index (χ1) is 8.38. The third-order valence-electron chi connectivity index (χ3n) is 3.09. The van der Waals surface area contributed by atoms with Gasteiger partial charge in [0.2, 0.25) is 0 Å². The van der Waals surface area contributed by atoms with Gasteiger partial charge in [-0.1, -0.05) is 0 Å². The van der Waals surface area contributed by atoms with E-state index < -0.39 is 5.38 Å². The van der Waals surface area contributed by atoms with Crippen LogP contribution < -0.4 is 0 Å². The van der Waals surface area contributed by atoms with Gasteiger partial charge in [-0.3, -0.25) is 4.79 Å². The average Bonchev–Trinajstić information content (AvgIpc) is 2.56. The van der Waals surface area contributed by atoms with E-state index in [2.05, 4.69) is 4.57 Å². The number of rotatable bonds is 6. The van der Waals surface area contributed by atoms with Crippen LogP contribution in [0, 0.1) is 13.8 Å². The van der Waals surface area contributed by atoms with Gasteiger partial charge in [0.25, 0.3) is 0 Å². The Hall–Kier alpha value is -0.800. The van der Waals surface area contributed by atoms with Crippen LogP contribution in [0.15, 0.2) is 6.07 Å². The summed E-state index contributed by atoms with van der Waals surface area (Å²) in [5.74, 6) is -0.0138. The van der Waals surface area contributed by atoms with Crippen LogP contribution in [0.25, 0.3) is 0 Å². The lowest BCUT2D eigenvalue weighted by Gasteiger charge is -2.16. The Kier molecular flexibility index (Phi) is 5.42. The summed E-state index contributed by atoms with van der Waals surface area (Å²) in [6.07, 6.45) is 0.135. The second-order valence-electron chi connectivity index (χ2n) is 4.64. The molecule has 102 valence electrons. The van der Waals surface area contributed by atoms with Gasteiger partial charge >= 0.3 is 0 Å². The summed E-state index contributed by atoms with van der Waals surface area (Å²) in [6.45, 7) is 11.1. The summed E-state index contributed by atoms with van der Waals surface area (Å²) >= 11 is 5.87. The van der Waals surface area contributed by atoms with Crippen LogP contribution in [0.2, 0.25) is 0 Å². The molecule has 18 heavy (non-hydrogen) atoms. The molecule has 4 heteroatoms. The van der Waals surface area contributed by atoms with Crippen LogP contribution in [0.5, 0.6) is 0 Å². The number of carbonyl (C=O) groups excluding carboxylic acids is 1. The number of hydrogen-bond acceptors (Lipinski definition) is 2. The zero-order chi connectivity index (χ0) is 13.9. The summed E-state index contributed by atoms with van der Waals surface area (Å²) in [7, 11) is 0. The lowest BCUT2D eigenvalue weighted by atomic mass is 10.1. The molecular weight excluding hydrogens is 250 g/mol.